The third-order valence-electron chi connectivity index (χ3n) is 5.83. The van der Waals surface area contributed by atoms with E-state index in [2.05, 4.69) is 10.6 Å². The third kappa shape index (κ3) is 4.14. The quantitative estimate of drug-likeness (QED) is 0.795. The second-order valence-corrected chi connectivity index (χ2v) is 8.06. The number of halogens is 2. The minimum Gasteiger partial charge on any atom is -0.381 e. The number of ether oxygens (including phenoxy) is 1. The number of aryl methyl sites for hydroxylation is 1. The first-order chi connectivity index (χ1) is 14.0. The van der Waals surface area contributed by atoms with Gasteiger partial charge >= 0.3 is 0 Å². The highest BCUT2D eigenvalue weighted by atomic mass is 35.5. The van der Waals surface area contributed by atoms with Gasteiger partial charge in [0.25, 0.3) is 5.91 Å². The van der Waals surface area contributed by atoms with Crippen LogP contribution >= 0.6 is 11.6 Å². The normalized spacial score (nSPS) is 17.9. The molecule has 29 heavy (non-hydrogen) atoms. The predicted octanol–water partition coefficient (Wildman–Crippen LogP) is 3.84. The summed E-state index contributed by atoms with van der Waals surface area (Å²) in [7, 11) is 0. The van der Waals surface area contributed by atoms with Crippen molar-refractivity contribution in [1.82, 2.24) is 5.32 Å². The molecule has 152 valence electrons. The van der Waals surface area contributed by atoms with E-state index in [-0.39, 0.29) is 16.9 Å². The highest BCUT2D eigenvalue weighted by Gasteiger charge is 2.35. The van der Waals surface area contributed by atoms with E-state index in [1.165, 1.54) is 6.07 Å². The molecule has 0 bridgehead atoms. The number of hydrogen-bond donors (Lipinski definition) is 2. The van der Waals surface area contributed by atoms with Crippen molar-refractivity contribution >= 4 is 29.1 Å². The average molecular weight is 417 g/mol. The van der Waals surface area contributed by atoms with E-state index in [9.17, 15) is 14.0 Å². The lowest BCUT2D eigenvalue weighted by atomic mass is 9.74. The Balaban J connectivity index is 1.54. The Bertz CT molecular complexity index is 940. The molecule has 0 aromatic heterocycles. The maximum Gasteiger partial charge on any atom is 0.254 e. The van der Waals surface area contributed by atoms with Crippen molar-refractivity contribution in [3.05, 3.63) is 63.9 Å². The number of benzene rings is 2. The summed E-state index contributed by atoms with van der Waals surface area (Å²) in [6.07, 6.45) is 2.34. The van der Waals surface area contributed by atoms with Crippen LogP contribution in [0, 0.1) is 5.82 Å². The van der Waals surface area contributed by atoms with Gasteiger partial charge in [-0.2, -0.15) is 0 Å². The van der Waals surface area contributed by atoms with Crippen molar-refractivity contribution < 1.29 is 18.7 Å². The van der Waals surface area contributed by atoms with Crippen LogP contribution < -0.4 is 10.6 Å². The second kappa shape index (κ2) is 8.13. The fraction of sp³-hybridized carbons (Fsp3) is 0.364. The number of hydrogen-bond acceptors (Lipinski definition) is 3. The Kier molecular flexibility index (Phi) is 5.56. The van der Waals surface area contributed by atoms with E-state index in [1.54, 1.807) is 6.07 Å². The zero-order valence-electron chi connectivity index (χ0n) is 15.9. The Morgan fingerprint density at radius 3 is 2.62 bits per heavy atom. The average Bonchev–Trinajstić information content (AvgIpc) is 2.72. The van der Waals surface area contributed by atoms with Crippen LogP contribution in [0.25, 0.3) is 0 Å². The van der Waals surface area contributed by atoms with Gasteiger partial charge in [0.05, 0.1) is 5.56 Å². The zero-order chi connectivity index (χ0) is 20.4. The molecule has 0 atom stereocenters. The number of anilines is 1. The summed E-state index contributed by atoms with van der Waals surface area (Å²) < 4.78 is 20.1. The highest BCUT2D eigenvalue weighted by Crippen LogP contribution is 2.35. The van der Waals surface area contributed by atoms with Crippen LogP contribution in [0.5, 0.6) is 0 Å². The first kappa shape index (κ1) is 19.9. The molecule has 1 saturated heterocycles. The monoisotopic (exact) mass is 416 g/mol. The summed E-state index contributed by atoms with van der Waals surface area (Å²) >= 11 is 6.03. The topological polar surface area (TPSA) is 67.4 Å². The molecule has 2 heterocycles. The van der Waals surface area contributed by atoms with Crippen LogP contribution in [0.15, 0.2) is 36.4 Å². The van der Waals surface area contributed by atoms with Crippen LogP contribution in [-0.4, -0.2) is 31.6 Å². The van der Waals surface area contributed by atoms with Gasteiger partial charge in [0.1, 0.15) is 5.82 Å². The predicted molar refractivity (Wildman–Crippen MR) is 109 cm³/mol. The summed E-state index contributed by atoms with van der Waals surface area (Å²) in [5.41, 5.74) is 2.02. The summed E-state index contributed by atoms with van der Waals surface area (Å²) in [6.45, 7) is 1.58. The molecule has 2 aromatic carbocycles. The van der Waals surface area contributed by atoms with Crippen LogP contribution in [0.1, 0.15) is 40.7 Å². The molecule has 7 heteroatoms. The van der Waals surface area contributed by atoms with E-state index in [1.807, 2.05) is 24.3 Å². The van der Waals surface area contributed by atoms with E-state index in [0.29, 0.717) is 43.3 Å². The fourth-order valence-electron chi connectivity index (χ4n) is 4.05. The molecule has 5 nitrogen and oxygen atoms in total. The minimum absolute atomic E-state index is 0.00165. The third-order valence-corrected chi connectivity index (χ3v) is 6.08. The number of nitrogens with one attached hydrogen (secondary N) is 2. The SMILES string of the molecule is O=C1CCc2cc(C(=O)NCC3(c4ccc(Cl)cc4)CCOCC3)c(F)cc2N1. The Labute approximate surface area is 173 Å². The summed E-state index contributed by atoms with van der Waals surface area (Å²) in [4.78, 5) is 24.3. The molecule has 1 fully saturated rings. The van der Waals surface area contributed by atoms with Crippen LogP contribution in [0.4, 0.5) is 10.1 Å². The van der Waals surface area contributed by atoms with Crippen molar-refractivity contribution in [2.24, 2.45) is 0 Å². The second-order valence-electron chi connectivity index (χ2n) is 7.62. The van der Waals surface area contributed by atoms with Crippen LogP contribution in [0.3, 0.4) is 0 Å². The molecule has 0 unspecified atom stereocenters. The van der Waals surface area contributed by atoms with Gasteiger partial charge in [0.2, 0.25) is 5.91 Å². The van der Waals surface area contributed by atoms with Gasteiger partial charge in [-0.15, -0.1) is 0 Å². The minimum atomic E-state index is -0.643. The molecule has 0 aliphatic carbocycles. The van der Waals surface area contributed by atoms with Gasteiger partial charge < -0.3 is 15.4 Å². The van der Waals surface area contributed by atoms with E-state index in [0.717, 1.165) is 24.0 Å². The molecule has 2 aromatic rings. The summed E-state index contributed by atoms with van der Waals surface area (Å²) in [5, 5.41) is 6.23. The van der Waals surface area contributed by atoms with Crippen molar-refractivity contribution in [3.8, 4) is 0 Å². The maximum absolute atomic E-state index is 14.5. The number of rotatable bonds is 4. The molecule has 0 saturated carbocycles. The van der Waals surface area contributed by atoms with Crippen molar-refractivity contribution in [2.45, 2.75) is 31.1 Å². The Hall–Kier alpha value is -2.44. The first-order valence-electron chi connectivity index (χ1n) is 9.71. The van der Waals surface area contributed by atoms with Crippen LogP contribution in [-0.2, 0) is 21.4 Å². The van der Waals surface area contributed by atoms with E-state index < -0.39 is 11.7 Å². The van der Waals surface area contributed by atoms with E-state index >= 15 is 0 Å². The lowest BCUT2D eigenvalue weighted by Crippen LogP contribution is -2.44. The molecular weight excluding hydrogens is 395 g/mol. The molecule has 0 radical (unpaired) electrons. The van der Waals surface area contributed by atoms with Crippen molar-refractivity contribution in [3.63, 3.8) is 0 Å². The summed E-state index contributed by atoms with van der Waals surface area (Å²) in [6, 6.07) is 10.4. The van der Waals surface area contributed by atoms with Gasteiger partial charge in [-0.1, -0.05) is 23.7 Å². The van der Waals surface area contributed by atoms with E-state index in [4.69, 9.17) is 16.3 Å². The number of fused-ring (bicyclic) bond motifs is 1. The molecule has 2 N–H and O–H groups in total. The first-order valence-corrected chi connectivity index (χ1v) is 10.1. The maximum atomic E-state index is 14.5. The molecule has 0 spiro atoms. The molecule has 4 rings (SSSR count). The standard InChI is InChI=1S/C22H22ClFN2O3/c23-16-4-2-15(3-5-16)22(7-9-29-10-8-22)13-25-21(28)17-11-14-1-6-20(27)26-19(14)12-18(17)24/h2-5,11-12H,1,6-10,13H2,(H,25,28)(H,26,27). The molecular formula is C22H22ClFN2O3. The summed E-state index contributed by atoms with van der Waals surface area (Å²) in [5.74, 6) is -1.24. The van der Waals surface area contributed by atoms with Gasteiger partial charge in [-0.05, 0) is 54.7 Å². The largest absolute Gasteiger partial charge is 0.381 e. The smallest absolute Gasteiger partial charge is 0.254 e. The van der Waals surface area contributed by atoms with Gasteiger partial charge in [-0.3, -0.25) is 9.59 Å². The van der Waals surface area contributed by atoms with Crippen LogP contribution in [0.2, 0.25) is 5.02 Å². The highest BCUT2D eigenvalue weighted by molar-refractivity contribution is 6.30. The Morgan fingerprint density at radius 1 is 1.17 bits per heavy atom. The Morgan fingerprint density at radius 2 is 1.90 bits per heavy atom. The van der Waals surface area contributed by atoms with Gasteiger partial charge in [0.15, 0.2) is 0 Å². The lowest BCUT2D eigenvalue weighted by Gasteiger charge is -2.38. The molecule has 2 amide bonds. The fourth-order valence-corrected chi connectivity index (χ4v) is 4.18. The number of carbonyl (C=O) groups is 2. The zero-order valence-corrected chi connectivity index (χ0v) is 16.7. The van der Waals surface area contributed by atoms with Gasteiger partial charge in [0, 0.05) is 42.3 Å². The van der Waals surface area contributed by atoms with Gasteiger partial charge in [-0.25, -0.2) is 4.39 Å². The number of carbonyl (C=O) groups excluding carboxylic acids is 2. The molecule has 2 aliphatic heterocycles. The number of amides is 2. The lowest BCUT2D eigenvalue weighted by molar-refractivity contribution is -0.116. The van der Waals surface area contributed by atoms with Crippen molar-refractivity contribution in [1.29, 1.82) is 0 Å². The van der Waals surface area contributed by atoms with Crippen molar-refractivity contribution in [2.75, 3.05) is 25.1 Å². The molecule has 2 aliphatic rings.